The fraction of sp³-hybridized carbons (Fsp3) is 0.554. The summed E-state index contributed by atoms with van der Waals surface area (Å²) in [6.07, 6.45) is 68.6. The first-order valence-electron chi connectivity index (χ1n) is 24.3. The van der Waals surface area contributed by atoms with E-state index in [1.54, 1.807) is 0 Å². The third kappa shape index (κ3) is 46.6. The van der Waals surface area contributed by atoms with Crippen LogP contribution < -0.4 is 0 Å². The Morgan fingerprint density at radius 2 is 0.645 bits per heavy atom. The van der Waals surface area contributed by atoms with E-state index in [0.717, 1.165) is 96.3 Å². The molecule has 346 valence electrons. The summed E-state index contributed by atoms with van der Waals surface area (Å²) in [5, 5.41) is 0. The Labute approximate surface area is 379 Å². The van der Waals surface area contributed by atoms with Gasteiger partial charge in [-0.3, -0.25) is 14.4 Å². The van der Waals surface area contributed by atoms with Gasteiger partial charge in [-0.1, -0.05) is 212 Å². The molecule has 62 heavy (non-hydrogen) atoms. The largest absolute Gasteiger partial charge is 0.462 e. The first-order valence-corrected chi connectivity index (χ1v) is 24.3. The number of carbonyl (C=O) groups is 3. The van der Waals surface area contributed by atoms with Crippen molar-refractivity contribution in [2.75, 3.05) is 13.2 Å². The molecule has 6 nitrogen and oxygen atoms in total. The molecule has 0 saturated carbocycles. The minimum absolute atomic E-state index is 0.124. The maximum atomic E-state index is 12.8. The summed E-state index contributed by atoms with van der Waals surface area (Å²) >= 11 is 0. The molecule has 0 aliphatic heterocycles. The molecule has 0 amide bonds. The van der Waals surface area contributed by atoms with Gasteiger partial charge >= 0.3 is 17.9 Å². The summed E-state index contributed by atoms with van der Waals surface area (Å²) in [4.78, 5) is 37.9. The molecular weight excluding hydrogens is 769 g/mol. The van der Waals surface area contributed by atoms with Crippen molar-refractivity contribution < 1.29 is 28.6 Å². The SMILES string of the molecule is CC/C=C/C=C/C=C/C=C/C=C/C=C/CCCCCC(=O)OCC(COC(=O)CCCCC/C=C/C=C/C=C/C=C/CC)OC(=O)CCCCC/C=C/CCCCCCCCC. The summed E-state index contributed by atoms with van der Waals surface area (Å²) in [5.41, 5.74) is 0. The Kier molecular flexibility index (Phi) is 45.7. The van der Waals surface area contributed by atoms with E-state index in [2.05, 4.69) is 57.2 Å². The highest BCUT2D eigenvalue weighted by Crippen LogP contribution is 2.12. The standard InChI is InChI=1S/C56H86O6/c1-4-7-10-13-16-19-22-25-27-28-29-32-34-37-40-43-46-49-55(58)61-52-53(51-60-54(57)48-45-42-39-36-33-30-24-21-18-15-12-9-6-3)62-56(59)50-47-44-41-38-35-31-26-23-20-17-14-11-8-5-2/h7,9-10,12-13,15-16,18-19,21-22,24-25,27-35,53H,4-6,8,11,14,17,20,23,26,36-52H2,1-3H3/b10-7+,12-9+,16-13+,18-15+,22-19+,24-21+,27-25+,29-28+,33-30+,34-32+,35-31+. The molecule has 6 heteroatoms. The lowest BCUT2D eigenvalue weighted by Gasteiger charge is -2.18. The van der Waals surface area contributed by atoms with E-state index in [-0.39, 0.29) is 37.5 Å². The van der Waals surface area contributed by atoms with Crippen LogP contribution in [0.5, 0.6) is 0 Å². The maximum Gasteiger partial charge on any atom is 0.306 e. The van der Waals surface area contributed by atoms with Crippen LogP contribution in [0.15, 0.2) is 134 Å². The van der Waals surface area contributed by atoms with Crippen LogP contribution in [-0.2, 0) is 28.6 Å². The van der Waals surface area contributed by atoms with Crippen LogP contribution >= 0.6 is 0 Å². The Balaban J connectivity index is 4.59. The molecule has 0 saturated heterocycles. The van der Waals surface area contributed by atoms with Crippen molar-refractivity contribution in [3.05, 3.63) is 134 Å². The number of ether oxygens (including phenoxy) is 3. The van der Waals surface area contributed by atoms with Crippen LogP contribution in [0, 0.1) is 0 Å². The molecule has 0 rings (SSSR count). The lowest BCUT2D eigenvalue weighted by Crippen LogP contribution is -2.30. The Hall–Kier alpha value is -4.45. The average Bonchev–Trinajstić information content (AvgIpc) is 3.27. The minimum atomic E-state index is -0.824. The molecular formula is C56H86O6. The third-order valence-electron chi connectivity index (χ3n) is 9.63. The summed E-state index contributed by atoms with van der Waals surface area (Å²) in [7, 11) is 0. The van der Waals surface area contributed by atoms with Crippen LogP contribution in [0.1, 0.15) is 181 Å². The van der Waals surface area contributed by atoms with Gasteiger partial charge in [0.05, 0.1) is 0 Å². The van der Waals surface area contributed by atoms with Crippen LogP contribution in [0.2, 0.25) is 0 Å². The quantitative estimate of drug-likeness (QED) is 0.0200. The highest BCUT2D eigenvalue weighted by atomic mass is 16.6. The molecule has 0 bridgehead atoms. The molecule has 0 aromatic rings. The average molecular weight is 855 g/mol. The van der Waals surface area contributed by atoms with E-state index in [9.17, 15) is 14.4 Å². The summed E-state index contributed by atoms with van der Waals surface area (Å²) in [6.45, 7) is 6.23. The molecule has 0 aliphatic rings. The van der Waals surface area contributed by atoms with E-state index < -0.39 is 6.10 Å². The van der Waals surface area contributed by atoms with Crippen molar-refractivity contribution in [2.24, 2.45) is 0 Å². The summed E-state index contributed by atoms with van der Waals surface area (Å²) < 4.78 is 16.7. The van der Waals surface area contributed by atoms with Gasteiger partial charge in [-0.2, -0.15) is 0 Å². The predicted molar refractivity (Wildman–Crippen MR) is 265 cm³/mol. The van der Waals surface area contributed by atoms with E-state index in [0.29, 0.717) is 12.8 Å². The van der Waals surface area contributed by atoms with Gasteiger partial charge in [0.2, 0.25) is 0 Å². The van der Waals surface area contributed by atoms with Crippen LogP contribution in [-0.4, -0.2) is 37.2 Å². The number of rotatable bonds is 41. The Morgan fingerprint density at radius 3 is 1.03 bits per heavy atom. The number of hydrogen-bond acceptors (Lipinski definition) is 6. The molecule has 0 aliphatic carbocycles. The van der Waals surface area contributed by atoms with E-state index in [1.807, 2.05) is 97.2 Å². The molecule has 0 fully saturated rings. The fourth-order valence-electron chi connectivity index (χ4n) is 6.01. The molecule has 1 unspecified atom stereocenters. The van der Waals surface area contributed by atoms with Crippen LogP contribution in [0.3, 0.4) is 0 Å². The number of hydrogen-bond donors (Lipinski definition) is 0. The van der Waals surface area contributed by atoms with Crippen LogP contribution in [0.4, 0.5) is 0 Å². The van der Waals surface area contributed by atoms with Gasteiger partial charge in [-0.25, -0.2) is 0 Å². The predicted octanol–water partition coefficient (Wildman–Crippen LogP) is 15.9. The van der Waals surface area contributed by atoms with Gasteiger partial charge in [-0.15, -0.1) is 0 Å². The maximum absolute atomic E-state index is 12.8. The highest BCUT2D eigenvalue weighted by Gasteiger charge is 2.19. The summed E-state index contributed by atoms with van der Waals surface area (Å²) in [6, 6.07) is 0. The second-order valence-electron chi connectivity index (χ2n) is 15.5. The van der Waals surface area contributed by atoms with Crippen molar-refractivity contribution in [3.63, 3.8) is 0 Å². The van der Waals surface area contributed by atoms with E-state index in [1.165, 1.54) is 44.9 Å². The van der Waals surface area contributed by atoms with Gasteiger partial charge in [0.1, 0.15) is 13.2 Å². The Bertz CT molecular complexity index is 1400. The Morgan fingerprint density at radius 1 is 0.339 bits per heavy atom. The zero-order chi connectivity index (χ0) is 45.1. The number of unbranched alkanes of at least 4 members (excludes halogenated alkanes) is 16. The van der Waals surface area contributed by atoms with Gasteiger partial charge in [0.15, 0.2) is 6.10 Å². The third-order valence-corrected chi connectivity index (χ3v) is 9.63. The molecule has 0 spiro atoms. The van der Waals surface area contributed by atoms with Gasteiger partial charge in [0.25, 0.3) is 0 Å². The normalized spacial score (nSPS) is 13.3. The zero-order valence-corrected chi connectivity index (χ0v) is 39.3. The van der Waals surface area contributed by atoms with Gasteiger partial charge in [-0.05, 0) is 83.5 Å². The minimum Gasteiger partial charge on any atom is -0.462 e. The van der Waals surface area contributed by atoms with Crippen molar-refractivity contribution >= 4 is 17.9 Å². The van der Waals surface area contributed by atoms with Crippen molar-refractivity contribution in [1.29, 1.82) is 0 Å². The zero-order valence-electron chi connectivity index (χ0n) is 39.3. The first-order chi connectivity index (χ1) is 30.5. The fourth-order valence-corrected chi connectivity index (χ4v) is 6.01. The highest BCUT2D eigenvalue weighted by molar-refractivity contribution is 5.71. The topological polar surface area (TPSA) is 78.9 Å². The molecule has 0 N–H and O–H groups in total. The van der Waals surface area contributed by atoms with Gasteiger partial charge in [0, 0.05) is 19.3 Å². The van der Waals surface area contributed by atoms with Crippen molar-refractivity contribution in [1.82, 2.24) is 0 Å². The van der Waals surface area contributed by atoms with E-state index >= 15 is 0 Å². The van der Waals surface area contributed by atoms with Crippen molar-refractivity contribution in [3.8, 4) is 0 Å². The molecule has 1 atom stereocenters. The molecule has 0 aromatic carbocycles. The van der Waals surface area contributed by atoms with Crippen molar-refractivity contribution in [2.45, 2.75) is 187 Å². The first kappa shape index (κ1) is 57.5. The van der Waals surface area contributed by atoms with Gasteiger partial charge < -0.3 is 14.2 Å². The molecule has 0 radical (unpaired) electrons. The monoisotopic (exact) mass is 855 g/mol. The second kappa shape index (κ2) is 49.2. The van der Waals surface area contributed by atoms with E-state index in [4.69, 9.17) is 14.2 Å². The van der Waals surface area contributed by atoms with Crippen LogP contribution in [0.25, 0.3) is 0 Å². The lowest BCUT2D eigenvalue weighted by molar-refractivity contribution is -0.167. The summed E-state index contributed by atoms with van der Waals surface area (Å²) in [5.74, 6) is -1.03. The smallest absolute Gasteiger partial charge is 0.306 e. The number of esters is 3. The lowest BCUT2D eigenvalue weighted by atomic mass is 10.1. The molecule has 0 heterocycles. The number of allylic oxidation sites excluding steroid dienone is 22. The molecule has 0 aromatic heterocycles. The second-order valence-corrected chi connectivity index (χ2v) is 15.5. The number of carbonyl (C=O) groups excluding carboxylic acids is 3.